The minimum absolute atomic E-state index is 0.113. The van der Waals surface area contributed by atoms with E-state index >= 15 is 0 Å². The first kappa shape index (κ1) is 11.4. The number of amides is 1. The van der Waals surface area contributed by atoms with Crippen LogP contribution in [0.2, 0.25) is 0 Å². The first-order valence-corrected chi connectivity index (χ1v) is 5.42. The number of hydrogen-bond donors (Lipinski definition) is 2. The first-order chi connectivity index (χ1) is 8.09. The lowest BCUT2D eigenvalue weighted by atomic mass is 10.1. The van der Waals surface area contributed by atoms with Crippen LogP contribution in [-0.2, 0) is 6.54 Å². The molecule has 0 fully saturated rings. The Morgan fingerprint density at radius 3 is 2.71 bits per heavy atom. The predicted molar refractivity (Wildman–Crippen MR) is 62.7 cm³/mol. The summed E-state index contributed by atoms with van der Waals surface area (Å²) in [4.78, 5) is 12.0. The minimum atomic E-state index is -0.113. The van der Waals surface area contributed by atoms with E-state index in [-0.39, 0.29) is 5.91 Å². The number of carbonyl (C=O) groups is 1. The summed E-state index contributed by atoms with van der Waals surface area (Å²) in [6.07, 6.45) is 3.43. The van der Waals surface area contributed by atoms with Gasteiger partial charge in [0.15, 0.2) is 0 Å². The summed E-state index contributed by atoms with van der Waals surface area (Å²) in [6, 6.07) is 0. The molecule has 0 aliphatic rings. The average molecular weight is 233 g/mol. The fourth-order valence-electron chi connectivity index (χ4n) is 1.77. The van der Waals surface area contributed by atoms with Gasteiger partial charge in [0.05, 0.1) is 11.8 Å². The highest BCUT2D eigenvalue weighted by Gasteiger charge is 2.18. The van der Waals surface area contributed by atoms with Crippen LogP contribution in [-0.4, -0.2) is 16.1 Å². The molecule has 0 aliphatic carbocycles. The smallest absolute Gasteiger partial charge is 0.255 e. The number of furan rings is 1. The van der Waals surface area contributed by atoms with Crippen LogP contribution in [0.1, 0.15) is 33.0 Å². The van der Waals surface area contributed by atoms with Gasteiger partial charge in [-0.05, 0) is 20.8 Å². The maximum Gasteiger partial charge on any atom is 0.255 e. The number of carbonyl (C=O) groups excluding carboxylic acids is 1. The minimum Gasteiger partial charge on any atom is -0.466 e. The Bertz CT molecular complexity index is 526. The van der Waals surface area contributed by atoms with Crippen LogP contribution in [0, 0.1) is 20.8 Å². The molecule has 2 aromatic rings. The summed E-state index contributed by atoms with van der Waals surface area (Å²) in [5.41, 5.74) is 2.46. The second kappa shape index (κ2) is 4.45. The van der Waals surface area contributed by atoms with E-state index in [1.807, 2.05) is 13.8 Å². The molecule has 2 rings (SSSR count). The molecule has 5 heteroatoms. The van der Waals surface area contributed by atoms with Crippen molar-refractivity contribution in [3.8, 4) is 0 Å². The Hall–Kier alpha value is -2.04. The van der Waals surface area contributed by atoms with Gasteiger partial charge in [0.1, 0.15) is 11.5 Å². The SMILES string of the molecule is Cc1oc(C)c(C(=O)NCc2cn[nH]c2)c1C. The molecule has 90 valence electrons. The topological polar surface area (TPSA) is 70.9 Å². The van der Waals surface area contributed by atoms with Gasteiger partial charge in [0.2, 0.25) is 0 Å². The summed E-state index contributed by atoms with van der Waals surface area (Å²) in [7, 11) is 0. The van der Waals surface area contributed by atoms with Gasteiger partial charge in [0, 0.05) is 23.9 Å². The van der Waals surface area contributed by atoms with Gasteiger partial charge >= 0.3 is 0 Å². The number of aromatic nitrogens is 2. The highest BCUT2D eigenvalue weighted by Crippen LogP contribution is 2.20. The van der Waals surface area contributed by atoms with Crippen LogP contribution in [0.15, 0.2) is 16.8 Å². The van der Waals surface area contributed by atoms with Gasteiger partial charge < -0.3 is 9.73 Å². The molecule has 17 heavy (non-hydrogen) atoms. The van der Waals surface area contributed by atoms with Crippen molar-refractivity contribution in [2.75, 3.05) is 0 Å². The second-order valence-corrected chi connectivity index (χ2v) is 4.00. The lowest BCUT2D eigenvalue weighted by Crippen LogP contribution is -2.23. The molecule has 0 aromatic carbocycles. The number of rotatable bonds is 3. The zero-order valence-electron chi connectivity index (χ0n) is 10.1. The van der Waals surface area contributed by atoms with Crippen molar-refractivity contribution >= 4 is 5.91 Å². The monoisotopic (exact) mass is 233 g/mol. The molecule has 0 saturated heterocycles. The maximum atomic E-state index is 12.0. The molecule has 0 bridgehead atoms. The summed E-state index contributed by atoms with van der Waals surface area (Å²) in [5.74, 6) is 1.33. The van der Waals surface area contributed by atoms with E-state index in [0.29, 0.717) is 17.9 Å². The number of H-pyrrole nitrogens is 1. The molecule has 0 unspecified atom stereocenters. The number of nitrogens with zero attached hydrogens (tertiary/aromatic N) is 1. The lowest BCUT2D eigenvalue weighted by Gasteiger charge is -2.03. The third-order valence-electron chi connectivity index (χ3n) is 2.80. The number of aromatic amines is 1. The van der Waals surface area contributed by atoms with Crippen molar-refractivity contribution in [2.24, 2.45) is 0 Å². The van der Waals surface area contributed by atoms with E-state index in [0.717, 1.165) is 16.9 Å². The Kier molecular flexibility index (Phi) is 2.99. The molecule has 5 nitrogen and oxygen atoms in total. The molecule has 2 N–H and O–H groups in total. The molecular weight excluding hydrogens is 218 g/mol. The number of nitrogens with one attached hydrogen (secondary N) is 2. The summed E-state index contributed by atoms with van der Waals surface area (Å²) < 4.78 is 5.42. The van der Waals surface area contributed by atoms with Gasteiger partial charge in [-0.1, -0.05) is 0 Å². The van der Waals surface area contributed by atoms with Crippen LogP contribution in [0.3, 0.4) is 0 Å². The van der Waals surface area contributed by atoms with Crippen molar-refractivity contribution in [2.45, 2.75) is 27.3 Å². The predicted octanol–water partition coefficient (Wildman–Crippen LogP) is 1.86. The van der Waals surface area contributed by atoms with E-state index < -0.39 is 0 Å². The molecule has 0 saturated carbocycles. The largest absolute Gasteiger partial charge is 0.466 e. The van der Waals surface area contributed by atoms with Crippen molar-refractivity contribution in [1.82, 2.24) is 15.5 Å². The van der Waals surface area contributed by atoms with Crippen LogP contribution in [0.5, 0.6) is 0 Å². The van der Waals surface area contributed by atoms with Gasteiger partial charge in [-0.3, -0.25) is 9.89 Å². The standard InChI is InChI=1S/C12H15N3O2/c1-7-8(2)17-9(3)11(7)12(16)13-4-10-5-14-15-6-10/h5-6H,4H2,1-3H3,(H,13,16)(H,14,15). The molecule has 0 atom stereocenters. The van der Waals surface area contributed by atoms with Gasteiger partial charge in [-0.25, -0.2) is 0 Å². The Balaban J connectivity index is 2.10. The normalized spacial score (nSPS) is 10.5. The Labute approximate surface area is 99.2 Å². The second-order valence-electron chi connectivity index (χ2n) is 4.00. The van der Waals surface area contributed by atoms with Crippen LogP contribution < -0.4 is 5.32 Å². The van der Waals surface area contributed by atoms with Crippen molar-refractivity contribution in [1.29, 1.82) is 0 Å². The van der Waals surface area contributed by atoms with Crippen LogP contribution in [0.25, 0.3) is 0 Å². The fourth-order valence-corrected chi connectivity index (χ4v) is 1.77. The Morgan fingerprint density at radius 2 is 2.18 bits per heavy atom. The fraction of sp³-hybridized carbons (Fsp3) is 0.333. The molecule has 0 aliphatic heterocycles. The summed E-state index contributed by atoms with van der Waals surface area (Å²) in [6.45, 7) is 6.00. The van der Waals surface area contributed by atoms with E-state index in [1.54, 1.807) is 19.3 Å². The van der Waals surface area contributed by atoms with Crippen molar-refractivity contribution in [3.63, 3.8) is 0 Å². The van der Waals surface area contributed by atoms with E-state index in [4.69, 9.17) is 4.42 Å². The van der Waals surface area contributed by atoms with E-state index in [2.05, 4.69) is 15.5 Å². The third kappa shape index (κ3) is 2.22. The first-order valence-electron chi connectivity index (χ1n) is 5.42. The highest BCUT2D eigenvalue weighted by atomic mass is 16.3. The highest BCUT2D eigenvalue weighted by molar-refractivity contribution is 5.96. The summed E-state index contributed by atoms with van der Waals surface area (Å²) in [5, 5.41) is 9.35. The molecule has 0 spiro atoms. The molecule has 2 aromatic heterocycles. The lowest BCUT2D eigenvalue weighted by molar-refractivity contribution is 0.0949. The zero-order chi connectivity index (χ0) is 12.4. The van der Waals surface area contributed by atoms with Gasteiger partial charge in [-0.2, -0.15) is 5.10 Å². The molecule has 1 amide bonds. The Morgan fingerprint density at radius 1 is 1.41 bits per heavy atom. The van der Waals surface area contributed by atoms with Gasteiger partial charge in [-0.15, -0.1) is 0 Å². The molecule has 0 radical (unpaired) electrons. The number of aryl methyl sites for hydroxylation is 2. The van der Waals surface area contributed by atoms with Crippen molar-refractivity contribution in [3.05, 3.63) is 40.6 Å². The van der Waals surface area contributed by atoms with Gasteiger partial charge in [0.25, 0.3) is 5.91 Å². The maximum absolute atomic E-state index is 12.0. The average Bonchev–Trinajstić information content (AvgIpc) is 2.86. The molecular formula is C12H15N3O2. The number of hydrogen-bond acceptors (Lipinski definition) is 3. The quantitative estimate of drug-likeness (QED) is 0.850. The third-order valence-corrected chi connectivity index (χ3v) is 2.80. The van der Waals surface area contributed by atoms with Crippen LogP contribution >= 0.6 is 0 Å². The summed E-state index contributed by atoms with van der Waals surface area (Å²) >= 11 is 0. The zero-order valence-corrected chi connectivity index (χ0v) is 10.1. The van der Waals surface area contributed by atoms with Crippen LogP contribution in [0.4, 0.5) is 0 Å². The molecule has 2 heterocycles. The van der Waals surface area contributed by atoms with E-state index in [9.17, 15) is 4.79 Å². The van der Waals surface area contributed by atoms with E-state index in [1.165, 1.54) is 0 Å². The van der Waals surface area contributed by atoms with Crippen molar-refractivity contribution < 1.29 is 9.21 Å².